The number of benzene rings is 1. The highest BCUT2D eigenvalue weighted by Crippen LogP contribution is 2.24. The van der Waals surface area contributed by atoms with Crippen molar-refractivity contribution >= 4 is 33.4 Å². The largest absolute Gasteiger partial charge is 0.354 e. The summed E-state index contributed by atoms with van der Waals surface area (Å²) in [7, 11) is -2.23. The molecule has 1 saturated carbocycles. The van der Waals surface area contributed by atoms with Gasteiger partial charge in [-0.3, -0.25) is 9.59 Å². The Morgan fingerprint density at radius 2 is 1.76 bits per heavy atom. The molecule has 7 nitrogen and oxygen atoms in total. The lowest BCUT2D eigenvalue weighted by molar-refractivity contribution is -0.125. The molecule has 29 heavy (non-hydrogen) atoms. The van der Waals surface area contributed by atoms with Gasteiger partial charge in [0.05, 0.1) is 15.5 Å². The molecule has 1 aliphatic carbocycles. The van der Waals surface area contributed by atoms with Gasteiger partial charge in [0.15, 0.2) is 0 Å². The van der Waals surface area contributed by atoms with Crippen molar-refractivity contribution in [2.24, 2.45) is 5.92 Å². The lowest BCUT2D eigenvalue weighted by atomic mass is 9.89. The van der Waals surface area contributed by atoms with Crippen LogP contribution in [0.4, 0.5) is 0 Å². The standard InChI is InChI=1S/C20H30ClN3O4S/c1-14(2)24(3)29(27,28)16-9-10-18(21)17(13-16)20(26)23-12-11-22-19(25)15-7-5-4-6-8-15/h9-10,13-15H,4-8,11-12H2,1-3H3,(H,22,25)(H,23,26). The number of amides is 2. The first-order chi connectivity index (χ1) is 13.6. The molecule has 0 unspecified atom stereocenters. The van der Waals surface area contributed by atoms with Gasteiger partial charge in [0.1, 0.15) is 0 Å². The lowest BCUT2D eigenvalue weighted by Crippen LogP contribution is -2.38. The molecule has 2 rings (SSSR count). The van der Waals surface area contributed by atoms with E-state index >= 15 is 0 Å². The van der Waals surface area contributed by atoms with E-state index < -0.39 is 15.9 Å². The molecule has 0 aromatic heterocycles. The van der Waals surface area contributed by atoms with Gasteiger partial charge < -0.3 is 10.6 Å². The second kappa shape index (κ2) is 10.4. The molecule has 0 bridgehead atoms. The predicted octanol–water partition coefficient (Wildman–Crippen LogP) is 2.80. The van der Waals surface area contributed by atoms with Crippen LogP contribution in [0.15, 0.2) is 23.1 Å². The van der Waals surface area contributed by atoms with E-state index in [9.17, 15) is 18.0 Å². The van der Waals surface area contributed by atoms with Gasteiger partial charge in [-0.2, -0.15) is 4.31 Å². The molecule has 0 spiro atoms. The number of hydrogen-bond donors (Lipinski definition) is 2. The van der Waals surface area contributed by atoms with E-state index in [-0.39, 0.29) is 39.9 Å². The number of sulfonamides is 1. The van der Waals surface area contributed by atoms with Crippen LogP contribution >= 0.6 is 11.6 Å². The van der Waals surface area contributed by atoms with E-state index in [1.807, 2.05) is 0 Å². The maximum Gasteiger partial charge on any atom is 0.252 e. The normalized spacial score (nSPS) is 15.5. The van der Waals surface area contributed by atoms with Crippen molar-refractivity contribution in [2.75, 3.05) is 20.1 Å². The summed E-state index contributed by atoms with van der Waals surface area (Å²) in [5, 5.41) is 5.70. The number of carbonyl (C=O) groups is 2. The molecule has 0 radical (unpaired) electrons. The van der Waals surface area contributed by atoms with E-state index in [4.69, 9.17) is 11.6 Å². The summed E-state index contributed by atoms with van der Waals surface area (Å²) >= 11 is 6.11. The third-order valence-electron chi connectivity index (χ3n) is 5.27. The third-order valence-corrected chi connectivity index (χ3v) is 7.63. The molecule has 2 amide bonds. The number of rotatable bonds is 8. The third kappa shape index (κ3) is 6.17. The zero-order valence-corrected chi connectivity index (χ0v) is 18.8. The second-order valence-corrected chi connectivity index (χ2v) is 10.0. The first-order valence-electron chi connectivity index (χ1n) is 9.98. The van der Waals surface area contributed by atoms with Crippen LogP contribution in [-0.4, -0.2) is 50.7 Å². The molecule has 0 saturated heterocycles. The summed E-state index contributed by atoms with van der Waals surface area (Å²) in [5.74, 6) is -0.387. The number of carbonyl (C=O) groups excluding carboxylic acids is 2. The number of nitrogens with zero attached hydrogens (tertiary/aromatic N) is 1. The minimum absolute atomic E-state index is 0.00820. The molecule has 1 aromatic carbocycles. The molecule has 1 fully saturated rings. The highest BCUT2D eigenvalue weighted by atomic mass is 35.5. The first kappa shape index (κ1) is 23.6. The Morgan fingerprint density at radius 3 is 2.38 bits per heavy atom. The fourth-order valence-electron chi connectivity index (χ4n) is 3.25. The Labute approximate surface area is 178 Å². The molecular weight excluding hydrogens is 414 g/mol. The zero-order chi connectivity index (χ0) is 21.6. The maximum absolute atomic E-state index is 12.6. The smallest absolute Gasteiger partial charge is 0.252 e. The number of hydrogen-bond acceptors (Lipinski definition) is 4. The molecule has 0 atom stereocenters. The van der Waals surface area contributed by atoms with Crippen LogP contribution in [0.3, 0.4) is 0 Å². The Morgan fingerprint density at radius 1 is 1.14 bits per heavy atom. The van der Waals surface area contributed by atoms with Gasteiger partial charge in [-0.05, 0) is 44.9 Å². The summed E-state index contributed by atoms with van der Waals surface area (Å²) in [5.41, 5.74) is 0.0866. The Balaban J connectivity index is 1.95. The molecule has 1 aromatic rings. The zero-order valence-electron chi connectivity index (χ0n) is 17.2. The van der Waals surface area contributed by atoms with Gasteiger partial charge in [-0.1, -0.05) is 30.9 Å². The average molecular weight is 444 g/mol. The second-order valence-electron chi connectivity index (χ2n) is 7.64. The van der Waals surface area contributed by atoms with Crippen molar-refractivity contribution < 1.29 is 18.0 Å². The first-order valence-corrected chi connectivity index (χ1v) is 11.8. The number of halogens is 1. The summed E-state index contributed by atoms with van der Waals surface area (Å²) in [6.45, 7) is 4.08. The van der Waals surface area contributed by atoms with Gasteiger partial charge in [0, 0.05) is 32.1 Å². The fourth-order valence-corrected chi connectivity index (χ4v) is 4.85. The minimum Gasteiger partial charge on any atom is -0.354 e. The highest BCUT2D eigenvalue weighted by Gasteiger charge is 2.25. The van der Waals surface area contributed by atoms with E-state index in [2.05, 4.69) is 10.6 Å². The van der Waals surface area contributed by atoms with Crippen molar-refractivity contribution in [3.8, 4) is 0 Å². The predicted molar refractivity (Wildman–Crippen MR) is 113 cm³/mol. The lowest BCUT2D eigenvalue weighted by Gasteiger charge is -2.21. The maximum atomic E-state index is 12.6. The Hall–Kier alpha value is -1.64. The van der Waals surface area contributed by atoms with Crippen molar-refractivity contribution in [3.63, 3.8) is 0 Å². The van der Waals surface area contributed by atoms with Gasteiger partial charge in [0.2, 0.25) is 15.9 Å². The van der Waals surface area contributed by atoms with Crippen LogP contribution in [0.5, 0.6) is 0 Å². The van der Waals surface area contributed by atoms with Crippen LogP contribution in [-0.2, 0) is 14.8 Å². The minimum atomic E-state index is -3.72. The van der Waals surface area contributed by atoms with Gasteiger partial charge in [-0.15, -0.1) is 0 Å². The fraction of sp³-hybridized carbons (Fsp3) is 0.600. The van der Waals surface area contributed by atoms with Crippen molar-refractivity contribution in [1.29, 1.82) is 0 Å². The molecule has 162 valence electrons. The monoisotopic (exact) mass is 443 g/mol. The molecule has 0 heterocycles. The van der Waals surface area contributed by atoms with E-state index in [0.717, 1.165) is 25.7 Å². The van der Waals surface area contributed by atoms with Gasteiger partial charge in [0.25, 0.3) is 5.91 Å². The van der Waals surface area contributed by atoms with Gasteiger partial charge in [-0.25, -0.2) is 8.42 Å². The topological polar surface area (TPSA) is 95.6 Å². The highest BCUT2D eigenvalue weighted by molar-refractivity contribution is 7.89. The van der Waals surface area contributed by atoms with Crippen molar-refractivity contribution in [3.05, 3.63) is 28.8 Å². The van der Waals surface area contributed by atoms with Crippen LogP contribution in [0.1, 0.15) is 56.3 Å². The average Bonchev–Trinajstić information content (AvgIpc) is 2.70. The number of nitrogens with one attached hydrogen (secondary N) is 2. The summed E-state index contributed by atoms with van der Waals surface area (Å²) in [6.07, 6.45) is 5.18. The van der Waals surface area contributed by atoms with Gasteiger partial charge >= 0.3 is 0 Å². The van der Waals surface area contributed by atoms with Crippen LogP contribution < -0.4 is 10.6 Å². The van der Waals surface area contributed by atoms with E-state index in [1.165, 1.54) is 36.0 Å². The quantitative estimate of drug-likeness (QED) is 0.604. The Bertz CT molecular complexity index is 836. The summed E-state index contributed by atoms with van der Waals surface area (Å²) in [6, 6.07) is 3.85. The van der Waals surface area contributed by atoms with E-state index in [0.29, 0.717) is 6.54 Å². The van der Waals surface area contributed by atoms with E-state index in [1.54, 1.807) is 13.8 Å². The molecule has 2 N–H and O–H groups in total. The Kier molecular flexibility index (Phi) is 8.48. The van der Waals surface area contributed by atoms with Crippen LogP contribution in [0.2, 0.25) is 5.02 Å². The SMILES string of the molecule is CC(C)N(C)S(=O)(=O)c1ccc(Cl)c(C(=O)NCCNC(=O)C2CCCCC2)c1. The molecular formula is C20H30ClN3O4S. The van der Waals surface area contributed by atoms with Crippen LogP contribution in [0, 0.1) is 5.92 Å². The molecule has 9 heteroatoms. The molecule has 1 aliphatic rings. The van der Waals surface area contributed by atoms with Crippen molar-refractivity contribution in [2.45, 2.75) is 56.9 Å². The van der Waals surface area contributed by atoms with Crippen LogP contribution in [0.25, 0.3) is 0 Å². The molecule has 0 aliphatic heterocycles. The summed E-state index contributed by atoms with van der Waals surface area (Å²) in [4.78, 5) is 24.6. The summed E-state index contributed by atoms with van der Waals surface area (Å²) < 4.78 is 26.5. The van der Waals surface area contributed by atoms with Crippen molar-refractivity contribution in [1.82, 2.24) is 14.9 Å².